The van der Waals surface area contributed by atoms with Crippen LogP contribution in [0.5, 0.6) is 5.75 Å². The van der Waals surface area contributed by atoms with Crippen molar-refractivity contribution < 1.29 is 14.5 Å². The zero-order chi connectivity index (χ0) is 24.4. The highest BCUT2D eigenvalue weighted by Crippen LogP contribution is 2.39. The largest absolute Gasteiger partial charge is 0.488 e. The molecule has 0 radical (unpaired) electrons. The molecule has 0 saturated carbocycles. The number of hydrogen-bond donors (Lipinski definition) is 0. The molecule has 0 spiro atoms. The van der Waals surface area contributed by atoms with Gasteiger partial charge in [0.1, 0.15) is 12.4 Å². The highest BCUT2D eigenvalue weighted by Gasteiger charge is 2.33. The van der Waals surface area contributed by atoms with E-state index in [1.165, 1.54) is 28.8 Å². The van der Waals surface area contributed by atoms with Crippen LogP contribution in [0, 0.1) is 10.1 Å². The molecular weight excluding hydrogens is 628 g/mol. The summed E-state index contributed by atoms with van der Waals surface area (Å²) in [4.78, 5) is 25.4. The van der Waals surface area contributed by atoms with Crippen molar-refractivity contribution in [2.45, 2.75) is 6.61 Å². The Hall–Kier alpha value is -2.24. The summed E-state index contributed by atoms with van der Waals surface area (Å²) in [6.45, 7) is 0.207. The van der Waals surface area contributed by atoms with Gasteiger partial charge < -0.3 is 4.74 Å². The van der Waals surface area contributed by atoms with Crippen molar-refractivity contribution in [1.29, 1.82) is 0 Å². The molecule has 0 N–H and O–H groups in total. The predicted octanol–water partition coefficient (Wildman–Crippen LogP) is 7.76. The van der Waals surface area contributed by atoms with Crippen LogP contribution in [0.4, 0.5) is 11.4 Å². The molecule has 6 nitrogen and oxygen atoms in total. The summed E-state index contributed by atoms with van der Waals surface area (Å²) in [5.41, 5.74) is 2.06. The van der Waals surface area contributed by atoms with Gasteiger partial charge in [-0.3, -0.25) is 19.8 Å². The molecule has 1 fully saturated rings. The fourth-order valence-electron chi connectivity index (χ4n) is 3.09. The van der Waals surface area contributed by atoms with E-state index in [9.17, 15) is 14.9 Å². The van der Waals surface area contributed by atoms with Gasteiger partial charge in [-0.1, -0.05) is 51.5 Å². The van der Waals surface area contributed by atoms with Crippen LogP contribution in [-0.4, -0.2) is 15.2 Å². The van der Waals surface area contributed by atoms with E-state index in [1.54, 1.807) is 42.5 Å². The molecule has 34 heavy (non-hydrogen) atoms. The second kappa shape index (κ2) is 10.6. The molecule has 11 heteroatoms. The van der Waals surface area contributed by atoms with Crippen molar-refractivity contribution in [2.75, 3.05) is 4.90 Å². The average Bonchev–Trinajstić information content (AvgIpc) is 3.08. The number of anilines is 1. The van der Waals surface area contributed by atoms with Crippen molar-refractivity contribution in [2.24, 2.45) is 0 Å². The summed E-state index contributed by atoms with van der Waals surface area (Å²) in [5, 5.41) is 11.3. The molecule has 0 aromatic heterocycles. The third-order valence-corrected chi connectivity index (χ3v) is 7.78. The number of nitro benzene ring substituents is 1. The lowest BCUT2D eigenvalue weighted by Gasteiger charge is -2.15. The maximum Gasteiger partial charge on any atom is 0.270 e. The third kappa shape index (κ3) is 5.52. The number of benzene rings is 3. The maximum absolute atomic E-state index is 13.2. The molecule has 172 valence electrons. The number of thiocarbonyl (C=S) groups is 1. The number of nitro groups is 1. The molecular formula is C23H13Br2ClN2O4S2. The predicted molar refractivity (Wildman–Crippen MR) is 146 cm³/mol. The van der Waals surface area contributed by atoms with E-state index in [0.29, 0.717) is 31.2 Å². The first kappa shape index (κ1) is 24.9. The van der Waals surface area contributed by atoms with Gasteiger partial charge in [0.05, 0.1) is 20.5 Å². The van der Waals surface area contributed by atoms with Crippen LogP contribution in [0.2, 0.25) is 5.02 Å². The minimum atomic E-state index is -0.449. The standard InChI is InChI=1S/C23H13Br2ClN2O4S2/c24-15-3-8-20(32-12-13-1-4-16(5-2-13)28(30)31)14(9-15)10-21-22(29)27(23(33)34-21)17-6-7-18(25)19(26)11-17/h1-11H,12H2/b21-10+. The van der Waals surface area contributed by atoms with E-state index in [4.69, 9.17) is 28.6 Å². The van der Waals surface area contributed by atoms with Gasteiger partial charge in [-0.2, -0.15) is 0 Å². The Labute approximate surface area is 226 Å². The van der Waals surface area contributed by atoms with Crippen molar-refractivity contribution in [3.63, 3.8) is 0 Å². The summed E-state index contributed by atoms with van der Waals surface area (Å²) in [5.74, 6) is 0.299. The Morgan fingerprint density at radius 2 is 1.85 bits per heavy atom. The molecule has 3 aromatic rings. The molecule has 0 atom stereocenters. The number of hydrogen-bond acceptors (Lipinski definition) is 6. The second-order valence-corrected chi connectivity index (χ2v) is 10.9. The fourth-order valence-corrected chi connectivity index (χ4v) is 5.18. The maximum atomic E-state index is 13.2. The fraction of sp³-hybridized carbons (Fsp3) is 0.0435. The van der Waals surface area contributed by atoms with Crippen LogP contribution in [0.25, 0.3) is 6.08 Å². The van der Waals surface area contributed by atoms with Gasteiger partial charge in [-0.25, -0.2) is 0 Å². The van der Waals surface area contributed by atoms with E-state index >= 15 is 0 Å². The SMILES string of the molecule is O=C1/C(=C\c2cc(Br)ccc2OCc2ccc([N+](=O)[O-])cc2)SC(=S)N1c1ccc(Br)c(Cl)c1. The molecule has 1 saturated heterocycles. The van der Waals surface area contributed by atoms with Crippen LogP contribution in [0.1, 0.15) is 11.1 Å². The number of nitrogens with zero attached hydrogens (tertiary/aromatic N) is 2. The molecule has 0 unspecified atom stereocenters. The number of carbonyl (C=O) groups is 1. The minimum absolute atomic E-state index is 0.0159. The summed E-state index contributed by atoms with van der Waals surface area (Å²) < 4.78 is 7.91. The van der Waals surface area contributed by atoms with Crippen molar-refractivity contribution >= 4 is 95.1 Å². The molecule has 1 aliphatic rings. The lowest BCUT2D eigenvalue weighted by molar-refractivity contribution is -0.384. The van der Waals surface area contributed by atoms with E-state index in [0.717, 1.165) is 14.5 Å². The molecule has 1 aliphatic heterocycles. The van der Waals surface area contributed by atoms with Crippen molar-refractivity contribution in [3.05, 3.63) is 101 Å². The van der Waals surface area contributed by atoms with Crippen molar-refractivity contribution in [3.8, 4) is 5.75 Å². The lowest BCUT2D eigenvalue weighted by Crippen LogP contribution is -2.27. The number of thioether (sulfide) groups is 1. The van der Waals surface area contributed by atoms with Crippen LogP contribution in [-0.2, 0) is 11.4 Å². The van der Waals surface area contributed by atoms with Gasteiger partial charge >= 0.3 is 0 Å². The first-order chi connectivity index (χ1) is 16.2. The monoisotopic (exact) mass is 638 g/mol. The molecule has 1 heterocycles. The van der Waals surface area contributed by atoms with Gasteiger partial charge in [-0.15, -0.1) is 0 Å². The number of rotatable bonds is 6. The number of ether oxygens (including phenoxy) is 1. The highest BCUT2D eigenvalue weighted by atomic mass is 79.9. The normalized spacial score (nSPS) is 14.7. The first-order valence-corrected chi connectivity index (χ1v) is 12.8. The Morgan fingerprint density at radius 3 is 2.53 bits per heavy atom. The smallest absolute Gasteiger partial charge is 0.270 e. The van der Waals surface area contributed by atoms with Crippen LogP contribution < -0.4 is 9.64 Å². The van der Waals surface area contributed by atoms with Gasteiger partial charge in [0.2, 0.25) is 0 Å². The second-order valence-electron chi connectivity index (χ2n) is 7.01. The van der Waals surface area contributed by atoms with Gasteiger partial charge in [-0.05, 0) is 76.1 Å². The van der Waals surface area contributed by atoms with E-state index in [1.807, 2.05) is 12.1 Å². The molecule has 0 bridgehead atoms. The molecule has 0 aliphatic carbocycles. The minimum Gasteiger partial charge on any atom is -0.488 e. The zero-order valence-corrected chi connectivity index (χ0v) is 22.6. The van der Waals surface area contributed by atoms with Gasteiger partial charge in [0, 0.05) is 26.6 Å². The Morgan fingerprint density at radius 1 is 1.12 bits per heavy atom. The Kier molecular flexibility index (Phi) is 7.73. The topological polar surface area (TPSA) is 72.7 Å². The summed E-state index contributed by atoms with van der Waals surface area (Å²) >= 11 is 19.7. The average molecular weight is 641 g/mol. The Balaban J connectivity index is 1.58. The number of carbonyl (C=O) groups excluding carboxylic acids is 1. The molecule has 4 rings (SSSR count). The van der Waals surface area contributed by atoms with Gasteiger partial charge in [0.15, 0.2) is 4.32 Å². The number of halogens is 3. The molecule has 3 aromatic carbocycles. The lowest BCUT2D eigenvalue weighted by atomic mass is 10.1. The number of amides is 1. The van der Waals surface area contributed by atoms with E-state index < -0.39 is 4.92 Å². The van der Waals surface area contributed by atoms with Crippen LogP contribution >= 0.6 is 67.4 Å². The third-order valence-electron chi connectivity index (χ3n) is 4.76. The Bertz CT molecular complexity index is 1350. The van der Waals surface area contributed by atoms with Crippen molar-refractivity contribution in [1.82, 2.24) is 0 Å². The van der Waals surface area contributed by atoms with Gasteiger partial charge in [0.25, 0.3) is 11.6 Å². The summed E-state index contributed by atoms with van der Waals surface area (Å²) in [6.07, 6.45) is 1.73. The van der Waals surface area contributed by atoms with Crippen LogP contribution in [0.3, 0.4) is 0 Å². The quantitative estimate of drug-likeness (QED) is 0.119. The first-order valence-electron chi connectivity index (χ1n) is 9.61. The zero-order valence-electron chi connectivity index (χ0n) is 17.0. The number of non-ortho nitro benzene ring substituents is 1. The summed E-state index contributed by atoms with van der Waals surface area (Å²) in [6, 6.07) is 16.8. The highest BCUT2D eigenvalue weighted by molar-refractivity contribution is 9.10. The van der Waals surface area contributed by atoms with E-state index in [2.05, 4.69) is 31.9 Å². The van der Waals surface area contributed by atoms with Crippen LogP contribution in [0.15, 0.2) is 74.5 Å². The van der Waals surface area contributed by atoms with E-state index in [-0.39, 0.29) is 18.2 Å². The summed E-state index contributed by atoms with van der Waals surface area (Å²) in [7, 11) is 0. The molecule has 1 amide bonds.